The molecule has 0 radical (unpaired) electrons. The molecule has 0 amide bonds. The van der Waals surface area contributed by atoms with Gasteiger partial charge >= 0.3 is 0 Å². The van der Waals surface area contributed by atoms with Gasteiger partial charge in [0.25, 0.3) is 0 Å². The van der Waals surface area contributed by atoms with Gasteiger partial charge in [0.2, 0.25) is 0 Å². The third-order valence-corrected chi connectivity index (χ3v) is 4.04. The Labute approximate surface area is 135 Å². The van der Waals surface area contributed by atoms with Crippen LogP contribution in [-0.2, 0) is 0 Å². The third kappa shape index (κ3) is 2.41. The Morgan fingerprint density at radius 1 is 0.739 bits per heavy atom. The first kappa shape index (κ1) is 13.7. The molecule has 3 nitrogen and oxygen atoms in total. The summed E-state index contributed by atoms with van der Waals surface area (Å²) in [6, 6.07) is 28.2. The first-order chi connectivity index (χ1) is 11.3. The van der Waals surface area contributed by atoms with Crippen molar-refractivity contribution in [2.24, 2.45) is 5.73 Å². The monoisotopic (exact) mass is 299 g/mol. The van der Waals surface area contributed by atoms with Gasteiger partial charge in [-0.25, -0.2) is 4.98 Å². The van der Waals surface area contributed by atoms with Crippen LogP contribution in [0.25, 0.3) is 16.7 Å². The lowest BCUT2D eigenvalue weighted by Gasteiger charge is -2.15. The molecule has 0 spiro atoms. The molecule has 0 aliphatic heterocycles. The van der Waals surface area contributed by atoms with Crippen LogP contribution in [0, 0.1) is 0 Å². The topological polar surface area (TPSA) is 43.8 Å². The van der Waals surface area contributed by atoms with Gasteiger partial charge < -0.3 is 5.73 Å². The van der Waals surface area contributed by atoms with Gasteiger partial charge in [-0.3, -0.25) is 4.57 Å². The second-order valence-corrected chi connectivity index (χ2v) is 5.52. The van der Waals surface area contributed by atoms with E-state index in [1.807, 2.05) is 66.7 Å². The van der Waals surface area contributed by atoms with Crippen molar-refractivity contribution in [3.05, 3.63) is 96.3 Å². The first-order valence-electron chi connectivity index (χ1n) is 7.68. The van der Waals surface area contributed by atoms with Crippen LogP contribution in [0.1, 0.15) is 17.4 Å². The van der Waals surface area contributed by atoms with Gasteiger partial charge in [0.05, 0.1) is 17.1 Å². The van der Waals surface area contributed by atoms with Crippen LogP contribution in [0.3, 0.4) is 0 Å². The predicted octanol–water partition coefficient (Wildman–Crippen LogP) is 4.07. The molecule has 23 heavy (non-hydrogen) atoms. The molecule has 0 fully saturated rings. The zero-order valence-electron chi connectivity index (χ0n) is 12.6. The third-order valence-electron chi connectivity index (χ3n) is 4.04. The molecule has 0 saturated carbocycles. The second kappa shape index (κ2) is 5.71. The molecular weight excluding hydrogens is 282 g/mol. The predicted molar refractivity (Wildman–Crippen MR) is 93.5 cm³/mol. The number of rotatable bonds is 3. The Morgan fingerprint density at radius 2 is 1.35 bits per heavy atom. The Bertz CT molecular complexity index is 927. The van der Waals surface area contributed by atoms with Gasteiger partial charge in [-0.15, -0.1) is 0 Å². The van der Waals surface area contributed by atoms with E-state index in [-0.39, 0.29) is 6.04 Å². The van der Waals surface area contributed by atoms with E-state index in [0.29, 0.717) is 0 Å². The number of nitrogens with two attached hydrogens (primary N) is 1. The number of hydrogen-bond donors (Lipinski definition) is 1. The number of hydrogen-bond acceptors (Lipinski definition) is 2. The molecule has 1 unspecified atom stereocenters. The molecule has 3 aromatic carbocycles. The van der Waals surface area contributed by atoms with Crippen molar-refractivity contribution in [3.8, 4) is 5.69 Å². The maximum absolute atomic E-state index is 6.53. The minimum absolute atomic E-state index is 0.274. The summed E-state index contributed by atoms with van der Waals surface area (Å²) in [6.45, 7) is 0. The lowest BCUT2D eigenvalue weighted by Crippen LogP contribution is -2.17. The molecular formula is C20H17N3. The quantitative estimate of drug-likeness (QED) is 0.619. The fourth-order valence-electron chi connectivity index (χ4n) is 2.91. The Balaban J connectivity index is 1.96. The maximum atomic E-state index is 6.53. The lowest BCUT2D eigenvalue weighted by molar-refractivity contribution is 0.766. The zero-order valence-corrected chi connectivity index (χ0v) is 12.6. The van der Waals surface area contributed by atoms with Crippen LogP contribution in [0.4, 0.5) is 0 Å². The van der Waals surface area contributed by atoms with Crippen LogP contribution in [0.15, 0.2) is 84.9 Å². The molecule has 0 aliphatic rings. The molecule has 0 saturated heterocycles. The number of nitrogens with zero attached hydrogens (tertiary/aromatic N) is 2. The molecule has 0 bridgehead atoms. The van der Waals surface area contributed by atoms with Gasteiger partial charge in [0, 0.05) is 5.69 Å². The Hall–Kier alpha value is -2.91. The largest absolute Gasteiger partial charge is 0.318 e. The van der Waals surface area contributed by atoms with Gasteiger partial charge in [0.1, 0.15) is 5.82 Å². The summed E-state index contributed by atoms with van der Waals surface area (Å²) in [5.74, 6) is 0.851. The fraction of sp³-hybridized carbons (Fsp3) is 0.0500. The lowest BCUT2D eigenvalue weighted by atomic mass is 10.1. The fourth-order valence-corrected chi connectivity index (χ4v) is 2.91. The Kier molecular flexibility index (Phi) is 3.41. The number of imidazole rings is 1. The van der Waals surface area contributed by atoms with Crippen molar-refractivity contribution in [1.82, 2.24) is 9.55 Å². The summed E-state index contributed by atoms with van der Waals surface area (Å²) in [4.78, 5) is 4.80. The highest BCUT2D eigenvalue weighted by Crippen LogP contribution is 2.27. The van der Waals surface area contributed by atoms with Crippen LogP contribution < -0.4 is 5.73 Å². The average Bonchev–Trinajstić information content (AvgIpc) is 3.02. The molecule has 1 aromatic heterocycles. The number of aromatic nitrogens is 2. The average molecular weight is 299 g/mol. The van der Waals surface area contributed by atoms with Gasteiger partial charge in [-0.1, -0.05) is 60.7 Å². The molecule has 2 N–H and O–H groups in total. The van der Waals surface area contributed by atoms with Gasteiger partial charge in [0.15, 0.2) is 0 Å². The van der Waals surface area contributed by atoms with Crippen molar-refractivity contribution in [1.29, 1.82) is 0 Å². The maximum Gasteiger partial charge on any atom is 0.136 e. The molecule has 1 atom stereocenters. The second-order valence-electron chi connectivity index (χ2n) is 5.52. The van der Waals surface area contributed by atoms with E-state index >= 15 is 0 Å². The van der Waals surface area contributed by atoms with Crippen LogP contribution in [0.5, 0.6) is 0 Å². The van der Waals surface area contributed by atoms with Crippen molar-refractivity contribution in [3.63, 3.8) is 0 Å². The normalized spacial score (nSPS) is 12.4. The van der Waals surface area contributed by atoms with E-state index in [2.05, 4.69) is 22.8 Å². The van der Waals surface area contributed by atoms with E-state index in [9.17, 15) is 0 Å². The highest BCUT2D eigenvalue weighted by Gasteiger charge is 2.19. The van der Waals surface area contributed by atoms with E-state index in [1.54, 1.807) is 0 Å². The van der Waals surface area contributed by atoms with Gasteiger partial charge in [-0.2, -0.15) is 0 Å². The first-order valence-corrected chi connectivity index (χ1v) is 7.68. The summed E-state index contributed by atoms with van der Waals surface area (Å²) in [7, 11) is 0. The molecule has 1 heterocycles. The highest BCUT2D eigenvalue weighted by atomic mass is 15.1. The van der Waals surface area contributed by atoms with Crippen molar-refractivity contribution < 1.29 is 0 Å². The summed E-state index contributed by atoms with van der Waals surface area (Å²) < 4.78 is 2.15. The standard InChI is InChI=1S/C20H17N3/c21-19(15-9-3-1-4-10-15)20-22-17-13-7-8-14-18(17)23(20)16-11-5-2-6-12-16/h1-14,19H,21H2. The van der Waals surface area contributed by atoms with Crippen LogP contribution in [0.2, 0.25) is 0 Å². The smallest absolute Gasteiger partial charge is 0.136 e. The molecule has 4 aromatic rings. The summed E-state index contributed by atoms with van der Waals surface area (Å²) in [5, 5.41) is 0. The number of benzene rings is 3. The highest BCUT2D eigenvalue weighted by molar-refractivity contribution is 5.78. The number of para-hydroxylation sites is 3. The summed E-state index contributed by atoms with van der Waals surface area (Å²) in [5.41, 5.74) is 10.7. The molecule has 0 aliphatic carbocycles. The van der Waals surface area contributed by atoms with E-state index in [4.69, 9.17) is 10.7 Å². The van der Waals surface area contributed by atoms with Crippen molar-refractivity contribution >= 4 is 11.0 Å². The van der Waals surface area contributed by atoms with Crippen LogP contribution in [-0.4, -0.2) is 9.55 Å². The molecule has 4 rings (SSSR count). The van der Waals surface area contributed by atoms with Gasteiger partial charge in [-0.05, 0) is 29.8 Å². The minimum atomic E-state index is -0.274. The molecule has 112 valence electrons. The SMILES string of the molecule is NC(c1ccccc1)c1nc2ccccc2n1-c1ccccc1. The minimum Gasteiger partial charge on any atom is -0.318 e. The van der Waals surface area contributed by atoms with E-state index in [0.717, 1.165) is 28.1 Å². The summed E-state index contributed by atoms with van der Waals surface area (Å²) >= 11 is 0. The number of fused-ring (bicyclic) bond motifs is 1. The van der Waals surface area contributed by atoms with E-state index in [1.165, 1.54) is 0 Å². The van der Waals surface area contributed by atoms with Crippen molar-refractivity contribution in [2.75, 3.05) is 0 Å². The van der Waals surface area contributed by atoms with Crippen molar-refractivity contribution in [2.45, 2.75) is 6.04 Å². The molecule has 3 heteroatoms. The van der Waals surface area contributed by atoms with Crippen LogP contribution >= 0.6 is 0 Å². The Morgan fingerprint density at radius 3 is 2.09 bits per heavy atom. The van der Waals surface area contributed by atoms with E-state index < -0.39 is 0 Å². The summed E-state index contributed by atoms with van der Waals surface area (Å²) in [6.07, 6.45) is 0. The zero-order chi connectivity index (χ0) is 15.6.